The molecule has 0 aromatic heterocycles. The number of urea groups is 3. The van der Waals surface area contributed by atoms with E-state index in [-0.39, 0.29) is 134 Å². The molecule has 14 rings (SSSR count). The van der Waals surface area contributed by atoms with Crippen LogP contribution in [-0.2, 0) is 99.3 Å². The van der Waals surface area contributed by atoms with E-state index in [1.54, 1.807) is 62.3 Å². The highest BCUT2D eigenvalue weighted by molar-refractivity contribution is 6.39. The zero-order valence-electron chi connectivity index (χ0n) is 85.4. The number of nitrogens with two attached hydrogens (primary N) is 3. The number of ketones is 3. The van der Waals surface area contributed by atoms with E-state index in [4.69, 9.17) is 31.4 Å². The number of carbonyl (C=O) groups excluding carboxylic acids is 18. The lowest BCUT2D eigenvalue weighted by atomic mass is 9.79. The molecule has 9 saturated carbocycles. The summed E-state index contributed by atoms with van der Waals surface area (Å²) in [6.07, 6.45) is 5.87. The van der Waals surface area contributed by atoms with E-state index in [1.807, 2.05) is 78.8 Å². The maximum Gasteiger partial charge on any atom is 0.397 e. The van der Waals surface area contributed by atoms with Gasteiger partial charge >= 0.3 is 42.2 Å². The molecule has 40 heteroatoms. The number of nitrogens with zero attached hydrogens (tertiary/aromatic N) is 3. The van der Waals surface area contributed by atoms with E-state index in [0.717, 1.165) is 82.6 Å². The van der Waals surface area contributed by atoms with Gasteiger partial charge in [0.15, 0.2) is 0 Å². The highest BCUT2D eigenvalue weighted by Gasteiger charge is 2.74. The van der Waals surface area contributed by atoms with Crippen LogP contribution in [0, 0.1) is 114 Å². The fraction of sp³-hybridized carbons (Fsp3) is 0.709. The number of amides is 15. The molecule has 3 heterocycles. The number of primary amides is 3. The number of nitrogens with one attached hydrogen (secondary N) is 9. The van der Waals surface area contributed by atoms with E-state index in [9.17, 15) is 104 Å². The molecule has 2 aromatic carbocycles. The van der Waals surface area contributed by atoms with Crippen LogP contribution < -0.4 is 65.1 Å². The van der Waals surface area contributed by atoms with Crippen molar-refractivity contribution in [3.05, 3.63) is 71.5 Å². The molecule has 36 nitrogen and oxygen atoms in total. The van der Waals surface area contributed by atoms with Gasteiger partial charge < -0.3 is 94.0 Å². The maximum atomic E-state index is 14.3. The van der Waals surface area contributed by atoms with Crippen LogP contribution in [0.1, 0.15) is 245 Å². The first kappa shape index (κ1) is 110. The molecule has 3 saturated heterocycles. The van der Waals surface area contributed by atoms with Gasteiger partial charge in [0.1, 0.15) is 73.4 Å². The molecule has 0 radical (unpaired) electrons. The Balaban J connectivity index is 0.000000191. The second-order valence-electron chi connectivity index (χ2n) is 48.1. The quantitative estimate of drug-likeness (QED) is 0.0132. The van der Waals surface area contributed by atoms with Gasteiger partial charge in [-0.1, -0.05) is 218 Å². The molecule has 12 fully saturated rings. The Morgan fingerprint density at radius 1 is 0.385 bits per heavy atom. The van der Waals surface area contributed by atoms with Gasteiger partial charge in [-0.15, -0.1) is 0 Å². The van der Waals surface area contributed by atoms with E-state index < -0.39 is 218 Å². The number of ether oxygens (including phenoxy) is 3. The van der Waals surface area contributed by atoms with E-state index >= 15 is 0 Å². The number of halogens is 4. The summed E-state index contributed by atoms with van der Waals surface area (Å²) in [6, 6.07) is -1.28. The number of alkyl halides is 3. The van der Waals surface area contributed by atoms with E-state index in [0.29, 0.717) is 24.9 Å². The Morgan fingerprint density at radius 3 is 1.01 bits per heavy atom. The fourth-order valence-electron chi connectivity index (χ4n) is 21.5. The van der Waals surface area contributed by atoms with Crippen molar-refractivity contribution in [1.29, 1.82) is 0 Å². The maximum absolute atomic E-state index is 14.3. The summed E-state index contributed by atoms with van der Waals surface area (Å²) in [6.45, 7) is 33.8. The predicted molar refractivity (Wildman–Crippen MR) is 511 cm³/mol. The molecule has 143 heavy (non-hydrogen) atoms. The van der Waals surface area contributed by atoms with Crippen LogP contribution in [0.3, 0.4) is 0 Å². The van der Waals surface area contributed by atoms with Gasteiger partial charge in [-0.05, 0) is 184 Å². The van der Waals surface area contributed by atoms with Crippen LogP contribution in [0.4, 0.5) is 31.9 Å². The Bertz CT molecular complexity index is 5200. The van der Waals surface area contributed by atoms with E-state index in [2.05, 4.69) is 61.7 Å². The topological polar surface area (TPSA) is 531 Å². The van der Waals surface area contributed by atoms with Crippen molar-refractivity contribution < 1.29 is 118 Å². The molecule has 15 N–H and O–H groups in total. The first-order chi connectivity index (χ1) is 66.4. The van der Waals surface area contributed by atoms with Crippen LogP contribution in [0.2, 0.25) is 0 Å². The number of rotatable bonds is 38. The molecule has 12 aliphatic rings. The highest BCUT2D eigenvalue weighted by atomic mass is 19.4. The SMILES string of the molecule is CC(C)(C)[C@H](NC(=O)N[C@H](C(=O)N1C[C@H]2[C@@H]([C@H]1C(=O)NC(CC1CC1)C(=O)C(N)=O)C2(C)C)C(C)(C)C)C(=O)OCc1ccc(F)cc1.CC(C)(C)[C@H](NC(=O)N[C@H](C(=O)OCC1CC1)C1(C(F)(F)F)CC1)C(=O)N1C[C@H]2[C@@H]([C@H]1C(=O)NC(CC1CC1)C(=O)C(N)=O)C2(C)C.CC(C)(C)[C@H](NC(=O)N[C@H](C(=O)OCc1ccccc1)C1CCC1)C(=O)N1C[C@H]2[C@@H]([C@H]1C(=O)NC(CC1CCC1)C(=O)C(N)=O)C2(C)C. The average Bonchev–Trinajstić information content (AvgIpc) is 1.53. The van der Waals surface area contributed by atoms with Gasteiger partial charge in [0.05, 0.1) is 30.1 Å². The Hall–Kier alpha value is -11.4. The van der Waals surface area contributed by atoms with Gasteiger partial charge in [-0.2, -0.15) is 13.2 Å². The standard InChI is InChI=1S/C36H51N5O7.C35H50FN5O7.C32H46F3N5O7/c1-35(2,3)29(40-34(47)39-26(22-15-10-16-22)33(46)48-19-21-11-7-6-8-12-21)32(45)41-18-23-25(36(23,4)5)27(41)31(44)38-24(28(42)30(37)43)17-20-13-9-14-20;1-33(2,3)26(39-32(47)40-27(34(4,5)6)31(46)48-17-19-11-13-20(36)14-12-19)30(45)41-16-21-23(35(21,7)8)24(41)29(44)38-22(15-18-9-10-18)25(42)28(37)43;1-29(2,3)22(38-28(46)39-23(27(45)47-14-16-8-9-16)31(10-11-31)32(33,34)35)26(44)40-13-17-19(30(17,4)5)20(40)25(43)37-18(12-15-6-7-15)21(41)24(36)42/h6-8,11-12,20,22-27,29H,9-10,13-19H2,1-5H3,(H2,37,43)(H,38,44)(H2,39,40,47);11-14,18,21-24,26-27H,9-10,15-17H2,1-8H3,(H2,37,43)(H,38,44)(H2,39,40,47);15-20,22-23H,6-14H2,1-5H3,(H2,36,42)(H,37,43)(H2,38,39,46)/t23-,24?,25-,26-,27-,29+;21-,22?,23-,24-,26+,27+;17-,18?,19-,20-,22+,23+/m000/s1. The second-order valence-corrected chi connectivity index (χ2v) is 48.1. The molecule has 9 aliphatic carbocycles. The Morgan fingerprint density at radius 2 is 0.706 bits per heavy atom. The summed E-state index contributed by atoms with van der Waals surface area (Å²) in [7, 11) is 0. The normalized spacial score (nSPS) is 25.1. The molecule has 788 valence electrons. The third-order valence-corrected chi connectivity index (χ3v) is 32.0. The van der Waals surface area contributed by atoms with Gasteiger partial charge in [0.25, 0.3) is 17.7 Å². The van der Waals surface area contributed by atoms with Crippen molar-refractivity contribution in [2.24, 2.45) is 126 Å². The van der Waals surface area contributed by atoms with E-state index in [1.165, 1.54) is 39.0 Å². The summed E-state index contributed by atoms with van der Waals surface area (Å²) in [5.74, 6) is -12.0. The molecule has 3 unspecified atom stereocenters. The minimum atomic E-state index is -4.78. The Labute approximate surface area is 832 Å². The number of carbonyl (C=O) groups is 18. The zero-order chi connectivity index (χ0) is 106. The van der Waals surface area contributed by atoms with Gasteiger partial charge in [-0.3, -0.25) is 57.5 Å². The number of Topliss-reactive ketones (excluding diaryl/α,β-unsaturated/α-hetero) is 3. The number of likely N-dealkylation sites (tertiary alicyclic amines) is 3. The molecule has 0 spiro atoms. The van der Waals surface area contributed by atoms with Crippen molar-refractivity contribution >= 4 is 107 Å². The van der Waals surface area contributed by atoms with Gasteiger partial charge in [0.2, 0.25) is 52.8 Å². The van der Waals surface area contributed by atoms with Gasteiger partial charge in [0, 0.05) is 19.6 Å². The highest BCUT2D eigenvalue weighted by Crippen LogP contribution is 2.68. The van der Waals surface area contributed by atoms with Crippen molar-refractivity contribution in [2.45, 2.75) is 326 Å². The zero-order valence-corrected chi connectivity index (χ0v) is 85.4. The minimum absolute atomic E-state index is 0.0285. The molecular formula is C103H147F4N15O21. The number of benzene rings is 2. The summed E-state index contributed by atoms with van der Waals surface area (Å²) in [4.78, 5) is 242. The Kier molecular flexibility index (Phi) is 32.7. The summed E-state index contributed by atoms with van der Waals surface area (Å²) in [5, 5.41) is 23.9. The number of piperidine rings is 3. The van der Waals surface area contributed by atoms with Crippen LogP contribution in [0.15, 0.2) is 54.6 Å². The number of hydrogen-bond donors (Lipinski definition) is 12. The van der Waals surface area contributed by atoms with Gasteiger partial charge in [-0.25, -0.2) is 33.2 Å². The summed E-state index contributed by atoms with van der Waals surface area (Å²) in [5.41, 5.74) is 10.8. The van der Waals surface area contributed by atoms with Crippen molar-refractivity contribution in [2.75, 3.05) is 26.2 Å². The second kappa shape index (κ2) is 42.4. The predicted octanol–water partition coefficient (Wildman–Crippen LogP) is 7.83. The monoisotopic (exact) mass is 2010 g/mol. The molecule has 2 aromatic rings. The molecule has 0 bridgehead atoms. The minimum Gasteiger partial charge on any atom is -0.464 e. The lowest BCUT2D eigenvalue weighted by Gasteiger charge is -2.38. The third-order valence-electron chi connectivity index (χ3n) is 32.0. The van der Waals surface area contributed by atoms with Crippen molar-refractivity contribution in [3.8, 4) is 0 Å². The first-order valence-corrected chi connectivity index (χ1v) is 50.3. The first-order valence-electron chi connectivity index (χ1n) is 50.3. The van der Waals surface area contributed by atoms with Crippen LogP contribution >= 0.6 is 0 Å². The number of esters is 3. The molecule has 3 aliphatic heterocycles. The average molecular weight is 2010 g/mol. The third kappa shape index (κ3) is 25.9. The fourth-order valence-corrected chi connectivity index (χ4v) is 21.5. The smallest absolute Gasteiger partial charge is 0.397 e. The van der Waals surface area contributed by atoms with Crippen LogP contribution in [0.25, 0.3) is 0 Å². The molecular weight excluding hydrogens is 1860 g/mol. The summed E-state index contributed by atoms with van der Waals surface area (Å²) >= 11 is 0. The van der Waals surface area contributed by atoms with Crippen molar-refractivity contribution in [1.82, 2.24) is 62.6 Å². The van der Waals surface area contributed by atoms with Crippen LogP contribution in [-0.4, -0.2) is 226 Å². The largest absolute Gasteiger partial charge is 0.464 e. The number of hydrogen-bond acceptors (Lipinski definition) is 21. The summed E-state index contributed by atoms with van der Waals surface area (Å²) < 4.78 is 71.8. The molecule has 15 amide bonds. The lowest BCUT2D eigenvalue weighted by Crippen LogP contribution is -2.63. The molecule has 18 atom stereocenters. The number of fused-ring (bicyclic) bond motifs is 3. The van der Waals surface area contributed by atoms with Crippen molar-refractivity contribution in [3.63, 3.8) is 0 Å². The lowest BCUT2D eigenvalue weighted by molar-refractivity contribution is -0.202. The van der Waals surface area contributed by atoms with Crippen LogP contribution in [0.5, 0.6) is 0 Å².